The maximum Gasteiger partial charge on any atom is 0.130 e. The molecule has 0 bridgehead atoms. The summed E-state index contributed by atoms with van der Waals surface area (Å²) in [4.78, 5) is 10.9. The van der Waals surface area contributed by atoms with Crippen molar-refractivity contribution in [1.29, 1.82) is 0 Å². The fourth-order valence-electron chi connectivity index (χ4n) is 1.67. The number of hydrogen-bond donors (Lipinski definition) is 2. The van der Waals surface area contributed by atoms with Gasteiger partial charge in [-0.1, -0.05) is 12.2 Å². The maximum absolute atomic E-state index is 5.16. The van der Waals surface area contributed by atoms with Crippen LogP contribution in [0.4, 0.5) is 0 Å². The van der Waals surface area contributed by atoms with E-state index in [9.17, 15) is 0 Å². The zero-order valence-corrected chi connectivity index (χ0v) is 8.97. The van der Waals surface area contributed by atoms with Crippen molar-refractivity contribution in [2.45, 2.75) is 18.8 Å². The number of H-pyrrole nitrogens is 2. The molecule has 1 saturated carbocycles. The highest BCUT2D eigenvalue weighted by Crippen LogP contribution is 2.38. The molecule has 2 aromatic heterocycles. The minimum Gasteiger partial charge on any atom is -0.360 e. The van der Waals surface area contributed by atoms with E-state index in [-0.39, 0.29) is 0 Å². The molecule has 0 saturated heterocycles. The van der Waals surface area contributed by atoms with Crippen LogP contribution in [-0.4, -0.2) is 15.0 Å². The van der Waals surface area contributed by atoms with Gasteiger partial charge in [0.2, 0.25) is 0 Å². The number of aromatic nitrogens is 3. The van der Waals surface area contributed by atoms with Crippen molar-refractivity contribution in [2.75, 3.05) is 0 Å². The normalized spacial score (nSPS) is 15.5. The maximum atomic E-state index is 5.16. The fraction of sp³-hybridized carbons (Fsp3) is 0.273. The number of aromatic amines is 2. The Labute approximate surface area is 92.6 Å². The van der Waals surface area contributed by atoms with Crippen LogP contribution in [-0.2, 0) is 0 Å². The average Bonchev–Trinajstić information content (AvgIpc) is 2.93. The second kappa shape index (κ2) is 3.31. The quantitative estimate of drug-likeness (QED) is 0.759. The molecule has 0 amide bonds. The lowest BCUT2D eigenvalue weighted by Gasteiger charge is -2.02. The van der Waals surface area contributed by atoms with Gasteiger partial charge in [0.25, 0.3) is 0 Å². The first-order chi connectivity index (χ1) is 7.33. The number of nitrogens with zero attached hydrogens (tertiary/aromatic N) is 1. The summed E-state index contributed by atoms with van der Waals surface area (Å²) >= 11 is 5.16. The Morgan fingerprint density at radius 2 is 2.20 bits per heavy atom. The van der Waals surface area contributed by atoms with E-state index in [2.05, 4.69) is 15.0 Å². The predicted molar refractivity (Wildman–Crippen MR) is 61.2 cm³/mol. The van der Waals surface area contributed by atoms with Crippen molar-refractivity contribution in [2.24, 2.45) is 0 Å². The zero-order valence-electron chi connectivity index (χ0n) is 8.16. The van der Waals surface area contributed by atoms with Gasteiger partial charge in [-0.15, -0.1) is 0 Å². The van der Waals surface area contributed by atoms with Crippen molar-refractivity contribution in [3.8, 4) is 11.4 Å². The van der Waals surface area contributed by atoms with Crippen LogP contribution in [0, 0.1) is 4.64 Å². The first-order valence-electron chi connectivity index (χ1n) is 5.08. The van der Waals surface area contributed by atoms with E-state index in [1.54, 1.807) is 0 Å². The second-order valence-corrected chi connectivity index (χ2v) is 4.29. The van der Waals surface area contributed by atoms with E-state index in [1.165, 1.54) is 12.8 Å². The molecule has 0 atom stereocenters. The molecule has 1 aliphatic rings. The molecule has 2 N–H and O–H groups in total. The molecule has 0 spiro atoms. The van der Waals surface area contributed by atoms with Gasteiger partial charge in [-0.25, -0.2) is 4.98 Å². The average molecular weight is 217 g/mol. The van der Waals surface area contributed by atoms with Gasteiger partial charge in [0, 0.05) is 18.2 Å². The smallest absolute Gasteiger partial charge is 0.130 e. The minimum absolute atomic E-state index is 0.599. The molecule has 4 heteroatoms. The first kappa shape index (κ1) is 8.85. The molecule has 76 valence electrons. The number of hydrogen-bond acceptors (Lipinski definition) is 2. The van der Waals surface area contributed by atoms with Gasteiger partial charge < -0.3 is 9.97 Å². The third-order valence-electron chi connectivity index (χ3n) is 2.61. The monoisotopic (exact) mass is 217 g/mol. The van der Waals surface area contributed by atoms with Crippen LogP contribution in [0.1, 0.15) is 24.6 Å². The lowest BCUT2D eigenvalue weighted by Crippen LogP contribution is -1.95. The Kier molecular flexibility index (Phi) is 1.95. The molecule has 3 rings (SSSR count). The largest absolute Gasteiger partial charge is 0.360 e. The Morgan fingerprint density at radius 3 is 2.87 bits per heavy atom. The van der Waals surface area contributed by atoms with Gasteiger partial charge >= 0.3 is 0 Å². The van der Waals surface area contributed by atoms with Crippen LogP contribution in [0.2, 0.25) is 0 Å². The molecule has 0 radical (unpaired) electrons. The molecule has 1 fully saturated rings. The van der Waals surface area contributed by atoms with E-state index in [4.69, 9.17) is 12.2 Å². The standard InChI is InChI=1S/C11H11N3S/c15-10-6-9(8-2-1-5-12-8)13-11(14-10)7-3-4-7/h1-2,5-7,12H,3-4H2,(H,13,14,15). The first-order valence-corrected chi connectivity index (χ1v) is 5.49. The van der Waals surface area contributed by atoms with E-state index >= 15 is 0 Å². The van der Waals surface area contributed by atoms with E-state index in [0.717, 1.165) is 17.2 Å². The topological polar surface area (TPSA) is 44.5 Å². The van der Waals surface area contributed by atoms with Crippen molar-refractivity contribution < 1.29 is 0 Å². The summed E-state index contributed by atoms with van der Waals surface area (Å²) in [6, 6.07) is 5.90. The fourth-order valence-corrected chi connectivity index (χ4v) is 1.89. The van der Waals surface area contributed by atoms with Crippen LogP contribution < -0.4 is 0 Å². The zero-order chi connectivity index (χ0) is 10.3. The van der Waals surface area contributed by atoms with Crippen molar-refractivity contribution in [1.82, 2.24) is 15.0 Å². The molecule has 0 aromatic carbocycles. The molecular formula is C11H11N3S. The lowest BCUT2D eigenvalue weighted by molar-refractivity contribution is 0.922. The Bertz CT molecular complexity index is 523. The van der Waals surface area contributed by atoms with Crippen molar-refractivity contribution in [3.63, 3.8) is 0 Å². The van der Waals surface area contributed by atoms with Gasteiger partial charge in [0.1, 0.15) is 10.5 Å². The second-order valence-electron chi connectivity index (χ2n) is 3.88. The molecule has 0 unspecified atom stereocenters. The van der Waals surface area contributed by atoms with Crippen LogP contribution >= 0.6 is 12.2 Å². The van der Waals surface area contributed by atoms with Crippen LogP contribution in [0.5, 0.6) is 0 Å². The molecule has 0 aliphatic heterocycles. The van der Waals surface area contributed by atoms with E-state index in [0.29, 0.717) is 10.6 Å². The van der Waals surface area contributed by atoms with E-state index in [1.807, 2.05) is 24.4 Å². The summed E-state index contributed by atoms with van der Waals surface area (Å²) in [6.45, 7) is 0. The third-order valence-corrected chi connectivity index (χ3v) is 2.82. The van der Waals surface area contributed by atoms with Gasteiger partial charge in [0.05, 0.1) is 11.4 Å². The molecule has 2 heterocycles. The van der Waals surface area contributed by atoms with Gasteiger partial charge in [-0.2, -0.15) is 0 Å². The summed E-state index contributed by atoms with van der Waals surface area (Å²) in [5.74, 6) is 1.63. The lowest BCUT2D eigenvalue weighted by atomic mass is 10.3. The Hall–Kier alpha value is -1.42. The van der Waals surface area contributed by atoms with E-state index < -0.39 is 0 Å². The highest BCUT2D eigenvalue weighted by atomic mass is 32.1. The van der Waals surface area contributed by atoms with Crippen LogP contribution in [0.15, 0.2) is 24.4 Å². The summed E-state index contributed by atoms with van der Waals surface area (Å²) in [5.41, 5.74) is 2.09. The SMILES string of the molecule is S=c1cc(-c2ccc[nH]2)[nH]c(C2CC2)n1. The Balaban J connectivity index is 2.11. The van der Waals surface area contributed by atoms with Crippen molar-refractivity contribution >= 4 is 12.2 Å². The Morgan fingerprint density at radius 1 is 1.33 bits per heavy atom. The van der Waals surface area contributed by atoms with Gasteiger partial charge in [-0.3, -0.25) is 0 Å². The summed E-state index contributed by atoms with van der Waals surface area (Å²) in [7, 11) is 0. The molecule has 2 aromatic rings. The molecular weight excluding hydrogens is 206 g/mol. The van der Waals surface area contributed by atoms with Crippen LogP contribution in [0.25, 0.3) is 11.4 Å². The molecule has 15 heavy (non-hydrogen) atoms. The van der Waals surface area contributed by atoms with Gasteiger partial charge in [0.15, 0.2) is 0 Å². The highest BCUT2D eigenvalue weighted by molar-refractivity contribution is 7.71. The highest BCUT2D eigenvalue weighted by Gasteiger charge is 2.26. The molecule has 3 nitrogen and oxygen atoms in total. The number of nitrogens with one attached hydrogen (secondary N) is 2. The molecule has 1 aliphatic carbocycles. The van der Waals surface area contributed by atoms with Crippen molar-refractivity contribution in [3.05, 3.63) is 34.9 Å². The number of rotatable bonds is 2. The third kappa shape index (κ3) is 1.72. The van der Waals surface area contributed by atoms with Gasteiger partial charge in [-0.05, 0) is 25.0 Å². The predicted octanol–water partition coefficient (Wildman–Crippen LogP) is 3.01. The minimum atomic E-state index is 0.599. The summed E-state index contributed by atoms with van der Waals surface area (Å²) in [5, 5.41) is 0. The van der Waals surface area contributed by atoms with Crippen LogP contribution in [0.3, 0.4) is 0 Å². The summed E-state index contributed by atoms with van der Waals surface area (Å²) < 4.78 is 0.667. The summed E-state index contributed by atoms with van der Waals surface area (Å²) in [6.07, 6.45) is 4.36.